The maximum atomic E-state index is 11.6. The Balaban J connectivity index is 2.79. The minimum Gasteiger partial charge on any atom is -0.480 e. The maximum Gasteiger partial charge on any atom is 0.324 e. The van der Waals surface area contributed by atoms with Crippen molar-refractivity contribution in [2.75, 3.05) is 33.2 Å². The lowest BCUT2D eigenvalue weighted by atomic mass is 9.88. The molecule has 0 radical (unpaired) electrons. The summed E-state index contributed by atoms with van der Waals surface area (Å²) in [7, 11) is 2.09. The molecule has 0 spiro atoms. The van der Waals surface area contributed by atoms with Crippen LogP contribution >= 0.6 is 0 Å². The van der Waals surface area contributed by atoms with Crippen LogP contribution in [-0.4, -0.2) is 59.6 Å². The quantitative estimate of drug-likeness (QED) is 0.769. The highest BCUT2D eigenvalue weighted by Gasteiger charge is 2.42. The highest BCUT2D eigenvalue weighted by atomic mass is 16.4. The lowest BCUT2D eigenvalue weighted by Crippen LogP contribution is -2.60. The number of nitrogens with zero attached hydrogens (tertiary/aromatic N) is 2. The van der Waals surface area contributed by atoms with Gasteiger partial charge in [-0.3, -0.25) is 9.69 Å². The van der Waals surface area contributed by atoms with E-state index in [1.807, 2.05) is 6.92 Å². The monoisotopic (exact) mass is 228 g/mol. The molecule has 0 saturated carbocycles. The van der Waals surface area contributed by atoms with E-state index in [0.29, 0.717) is 6.42 Å². The van der Waals surface area contributed by atoms with E-state index < -0.39 is 11.5 Å². The first-order valence-corrected chi connectivity index (χ1v) is 6.23. The van der Waals surface area contributed by atoms with Gasteiger partial charge in [0.2, 0.25) is 0 Å². The van der Waals surface area contributed by atoms with Gasteiger partial charge in [0.15, 0.2) is 0 Å². The Morgan fingerprint density at radius 1 is 1.25 bits per heavy atom. The van der Waals surface area contributed by atoms with Crippen molar-refractivity contribution in [3.63, 3.8) is 0 Å². The summed E-state index contributed by atoms with van der Waals surface area (Å²) in [6.07, 6.45) is 2.37. The molecule has 0 aromatic carbocycles. The topological polar surface area (TPSA) is 43.8 Å². The van der Waals surface area contributed by atoms with Crippen molar-refractivity contribution in [3.8, 4) is 0 Å². The predicted octanol–water partition coefficient (Wildman–Crippen LogP) is 1.27. The Morgan fingerprint density at radius 2 is 1.81 bits per heavy atom. The molecule has 0 bridgehead atoms. The fourth-order valence-electron chi connectivity index (χ4n) is 2.60. The van der Waals surface area contributed by atoms with Crippen molar-refractivity contribution in [2.24, 2.45) is 0 Å². The molecule has 1 aliphatic rings. The summed E-state index contributed by atoms with van der Waals surface area (Å²) < 4.78 is 0. The molecular weight excluding hydrogens is 204 g/mol. The van der Waals surface area contributed by atoms with E-state index in [4.69, 9.17) is 0 Å². The van der Waals surface area contributed by atoms with Crippen molar-refractivity contribution in [3.05, 3.63) is 0 Å². The predicted molar refractivity (Wildman–Crippen MR) is 64.6 cm³/mol. The number of carboxylic acid groups (broad SMARTS) is 1. The molecule has 0 aromatic heterocycles. The molecule has 1 unspecified atom stereocenters. The van der Waals surface area contributed by atoms with Crippen molar-refractivity contribution >= 4 is 5.97 Å². The van der Waals surface area contributed by atoms with Crippen LogP contribution in [0.3, 0.4) is 0 Å². The first-order valence-electron chi connectivity index (χ1n) is 6.23. The van der Waals surface area contributed by atoms with Gasteiger partial charge in [0.25, 0.3) is 0 Å². The number of hydrogen-bond acceptors (Lipinski definition) is 3. The molecular formula is C12H24N2O2. The maximum absolute atomic E-state index is 11.6. The summed E-state index contributed by atoms with van der Waals surface area (Å²) in [5, 5.41) is 9.52. The molecule has 1 N–H and O–H groups in total. The molecule has 0 amide bonds. The van der Waals surface area contributed by atoms with Gasteiger partial charge in [-0.05, 0) is 19.9 Å². The van der Waals surface area contributed by atoms with Gasteiger partial charge >= 0.3 is 5.97 Å². The zero-order valence-electron chi connectivity index (χ0n) is 10.7. The van der Waals surface area contributed by atoms with Crippen molar-refractivity contribution in [1.82, 2.24) is 9.80 Å². The molecule has 1 aliphatic heterocycles. The molecule has 4 nitrogen and oxygen atoms in total. The molecule has 1 atom stereocenters. The molecule has 1 fully saturated rings. The lowest BCUT2D eigenvalue weighted by molar-refractivity contribution is -0.154. The number of hydrogen-bond donors (Lipinski definition) is 1. The van der Waals surface area contributed by atoms with E-state index >= 15 is 0 Å². The number of carboxylic acids is 1. The van der Waals surface area contributed by atoms with Gasteiger partial charge in [0.05, 0.1) is 0 Å². The van der Waals surface area contributed by atoms with E-state index in [0.717, 1.165) is 39.0 Å². The fourth-order valence-corrected chi connectivity index (χ4v) is 2.60. The number of piperazine rings is 1. The number of likely N-dealkylation sites (N-methyl/N-ethyl adjacent to an activating group) is 1. The van der Waals surface area contributed by atoms with Crippen molar-refractivity contribution in [2.45, 2.75) is 38.6 Å². The average Bonchev–Trinajstić information content (AvgIpc) is 2.27. The summed E-state index contributed by atoms with van der Waals surface area (Å²) in [4.78, 5) is 16.0. The van der Waals surface area contributed by atoms with Crippen LogP contribution in [0.4, 0.5) is 0 Å². The highest BCUT2D eigenvalue weighted by molar-refractivity contribution is 5.78. The van der Waals surface area contributed by atoms with Gasteiger partial charge in [0.1, 0.15) is 5.54 Å². The van der Waals surface area contributed by atoms with Crippen LogP contribution in [-0.2, 0) is 4.79 Å². The Morgan fingerprint density at radius 3 is 2.19 bits per heavy atom. The smallest absolute Gasteiger partial charge is 0.324 e. The van der Waals surface area contributed by atoms with Gasteiger partial charge in [-0.2, -0.15) is 0 Å². The first-order chi connectivity index (χ1) is 7.56. The van der Waals surface area contributed by atoms with E-state index in [1.165, 1.54) is 0 Å². The Labute approximate surface area is 98.2 Å². The van der Waals surface area contributed by atoms with Crippen LogP contribution in [0.5, 0.6) is 0 Å². The van der Waals surface area contributed by atoms with Crippen molar-refractivity contribution in [1.29, 1.82) is 0 Å². The molecule has 0 aliphatic carbocycles. The lowest BCUT2D eigenvalue weighted by Gasteiger charge is -2.44. The van der Waals surface area contributed by atoms with Crippen LogP contribution in [0.25, 0.3) is 0 Å². The van der Waals surface area contributed by atoms with Gasteiger partial charge < -0.3 is 10.0 Å². The molecule has 94 valence electrons. The third kappa shape index (κ3) is 2.55. The van der Waals surface area contributed by atoms with Crippen molar-refractivity contribution < 1.29 is 9.90 Å². The second kappa shape index (κ2) is 5.64. The summed E-state index contributed by atoms with van der Waals surface area (Å²) in [5.74, 6) is -0.651. The third-order valence-corrected chi connectivity index (χ3v) is 3.76. The van der Waals surface area contributed by atoms with Gasteiger partial charge in [-0.15, -0.1) is 0 Å². The van der Waals surface area contributed by atoms with Crippen LogP contribution in [0, 0.1) is 0 Å². The molecule has 16 heavy (non-hydrogen) atoms. The minimum absolute atomic E-state index is 0.629. The Bertz CT molecular complexity index is 237. The number of aliphatic carboxylic acids is 1. The van der Waals surface area contributed by atoms with Crippen LogP contribution in [0.1, 0.15) is 33.1 Å². The van der Waals surface area contributed by atoms with Gasteiger partial charge in [0, 0.05) is 26.2 Å². The first kappa shape index (κ1) is 13.5. The average molecular weight is 228 g/mol. The second-order valence-electron chi connectivity index (χ2n) is 4.73. The molecule has 1 saturated heterocycles. The summed E-state index contributed by atoms with van der Waals surface area (Å²) >= 11 is 0. The minimum atomic E-state index is -0.651. The largest absolute Gasteiger partial charge is 0.480 e. The normalized spacial score (nSPS) is 22.9. The Kier molecular flexibility index (Phi) is 4.74. The van der Waals surface area contributed by atoms with Gasteiger partial charge in [-0.1, -0.05) is 20.3 Å². The summed E-state index contributed by atoms with van der Waals surface area (Å²) in [6.45, 7) is 7.73. The summed E-state index contributed by atoms with van der Waals surface area (Å²) in [6, 6.07) is 0. The zero-order chi connectivity index (χ0) is 12.2. The van der Waals surface area contributed by atoms with Crippen LogP contribution in [0.15, 0.2) is 0 Å². The fraction of sp³-hybridized carbons (Fsp3) is 0.917. The van der Waals surface area contributed by atoms with E-state index in [2.05, 4.69) is 23.8 Å². The van der Waals surface area contributed by atoms with Crippen LogP contribution < -0.4 is 0 Å². The highest BCUT2D eigenvalue weighted by Crippen LogP contribution is 2.27. The number of carbonyl (C=O) groups is 1. The summed E-state index contributed by atoms with van der Waals surface area (Å²) in [5.41, 5.74) is -0.629. The SMILES string of the molecule is CCCC(CC)(C(=O)O)N1CCN(C)CC1. The molecule has 1 heterocycles. The van der Waals surface area contributed by atoms with E-state index in [9.17, 15) is 9.90 Å². The zero-order valence-corrected chi connectivity index (χ0v) is 10.7. The van der Waals surface area contributed by atoms with E-state index in [-0.39, 0.29) is 0 Å². The third-order valence-electron chi connectivity index (χ3n) is 3.76. The van der Waals surface area contributed by atoms with E-state index in [1.54, 1.807) is 0 Å². The standard InChI is InChI=1S/C12H24N2O2/c1-4-6-12(5-2,11(15)16)14-9-7-13(3)8-10-14/h4-10H2,1-3H3,(H,15,16). The number of rotatable bonds is 5. The molecule has 1 rings (SSSR count). The second-order valence-corrected chi connectivity index (χ2v) is 4.73. The molecule has 0 aromatic rings. The van der Waals surface area contributed by atoms with Gasteiger partial charge in [-0.25, -0.2) is 0 Å². The Hall–Kier alpha value is -0.610. The van der Waals surface area contributed by atoms with Crippen LogP contribution in [0.2, 0.25) is 0 Å². The molecule has 4 heteroatoms.